The molecule has 0 saturated carbocycles. The molecule has 0 fully saturated rings. The summed E-state index contributed by atoms with van der Waals surface area (Å²) >= 11 is 0. The van der Waals surface area contributed by atoms with Crippen LogP contribution in [0.2, 0.25) is 0 Å². The third-order valence-electron chi connectivity index (χ3n) is 7.84. The molecule has 0 unspecified atom stereocenters. The fourth-order valence-electron chi connectivity index (χ4n) is 5.22. The molecule has 0 spiro atoms. The molecule has 0 aliphatic rings. The molecule has 5 N–H and O–H groups in total. The van der Waals surface area contributed by atoms with Gasteiger partial charge in [-0.1, -0.05) is 0 Å². The van der Waals surface area contributed by atoms with Gasteiger partial charge in [0.1, 0.15) is 23.3 Å². The van der Waals surface area contributed by atoms with E-state index < -0.39 is 30.7 Å². The second-order valence-corrected chi connectivity index (χ2v) is 15.2. The molecule has 0 aliphatic heterocycles. The predicted octanol–water partition coefficient (Wildman–Crippen LogP) is -7.11. The summed E-state index contributed by atoms with van der Waals surface area (Å²) in [7, 11) is -14.8. The van der Waals surface area contributed by atoms with Crippen LogP contribution in [-0.2, 0) is 39.0 Å². The zero-order chi connectivity index (χ0) is 48.0. The van der Waals surface area contributed by atoms with Crippen molar-refractivity contribution in [3.8, 4) is 0 Å². The number of pyridine rings is 8. The molecule has 25 nitrogen and oxygen atoms in total. The van der Waals surface area contributed by atoms with Crippen LogP contribution in [0.5, 0.6) is 0 Å². The summed E-state index contributed by atoms with van der Waals surface area (Å²) < 4.78 is 102. The minimum absolute atomic E-state index is 0. The molecule has 352 valence electrons. The van der Waals surface area contributed by atoms with Gasteiger partial charge in [-0.15, -0.1) is 30.7 Å². The van der Waals surface area contributed by atoms with Gasteiger partial charge in [0, 0.05) is 44.3 Å². The fraction of sp³-hybridized carbons (Fsp3) is 0.158. The van der Waals surface area contributed by atoms with Crippen molar-refractivity contribution in [3.63, 3.8) is 0 Å². The van der Waals surface area contributed by atoms with Crippen LogP contribution in [0.3, 0.4) is 0 Å². The largest absolute Gasteiger partial charge is 2.00 e. The molecule has 0 saturated heterocycles. The van der Waals surface area contributed by atoms with Crippen LogP contribution in [0, 0.1) is 58.4 Å². The van der Waals surface area contributed by atoms with Crippen LogP contribution < -0.4 is 77.2 Å². The summed E-state index contributed by atoms with van der Waals surface area (Å²) in [6.07, 6.45) is 0. The maximum absolute atomic E-state index is 8.49. The van der Waals surface area contributed by atoms with Crippen molar-refractivity contribution >= 4 is 67.4 Å². The minimum atomic E-state index is -4.94. The molecular weight excluding hydrogens is 1070 g/mol. The topological polar surface area (TPSA) is 458 Å². The number of anilines is 4. The maximum Gasteiger partial charge on any atom is 2.00 e. The molecule has 8 aromatic rings. The van der Waals surface area contributed by atoms with Gasteiger partial charge in [-0.3, -0.25) is 0 Å². The Morgan fingerprint density at radius 3 is 0.647 bits per heavy atom. The quantitative estimate of drug-likeness (QED) is 0.0811. The molecule has 0 aliphatic carbocycles. The van der Waals surface area contributed by atoms with E-state index in [1.807, 2.05) is 125 Å². The summed E-state index contributed by atoms with van der Waals surface area (Å²) in [4.78, 5) is 35.9. The van der Waals surface area contributed by atoms with E-state index in [4.69, 9.17) is 55.9 Å². The first-order valence-electron chi connectivity index (χ1n) is 18.1. The van der Waals surface area contributed by atoms with Gasteiger partial charge in [0.2, 0.25) is 0 Å². The Morgan fingerprint density at radius 2 is 0.471 bits per heavy atom. The summed E-state index contributed by atoms with van der Waals surface area (Å²) in [5, 5.41) is 17.1. The number of fused-ring (bicyclic) bond motifs is 4. The molecule has 68 heavy (non-hydrogen) atoms. The summed E-state index contributed by atoms with van der Waals surface area (Å²) in [5.74, 6) is 3.08. The van der Waals surface area contributed by atoms with Gasteiger partial charge in [0.15, 0.2) is 22.6 Å². The third kappa shape index (κ3) is 24.4. The third-order valence-corrected chi connectivity index (χ3v) is 7.84. The summed E-state index contributed by atoms with van der Waals surface area (Å²) in [5.41, 5.74) is 6.80. The first-order valence-corrected chi connectivity index (χ1v) is 21.8. The van der Waals surface area contributed by atoms with Crippen LogP contribution in [0.1, 0.15) is 22.8 Å². The number of halogens is 3. The average molecular weight is 1110 g/mol. The Morgan fingerprint density at radius 1 is 0.309 bits per heavy atom. The van der Waals surface area contributed by atoms with E-state index in [-0.39, 0.29) is 44.4 Å². The summed E-state index contributed by atoms with van der Waals surface area (Å²) in [6, 6.07) is 31.9. The summed E-state index contributed by atoms with van der Waals surface area (Å²) in [6.45, 7) is 8.87. The van der Waals surface area contributed by atoms with Crippen molar-refractivity contribution in [3.05, 3.63) is 120 Å². The standard InChI is InChI=1S/2C19H18N6.3ClHO4.H2O.2Zn/c2*1-12-3-5-14-7-9-16(24-18(14)22-12)20-11-21-17-10-8-15-6-4-13(2)23-19(15)25-17;3*2-1(3,4)5;;;/h2*3-10H,11H2,1-2H3,(H,20,22,24)(H,21,23,25);3*(H,2,3,4,5);1H2;;/q;;;;;;2*+2/p-4. The van der Waals surface area contributed by atoms with Gasteiger partial charge < -0.3 is 26.7 Å². The normalized spacial score (nSPS) is 10.7. The van der Waals surface area contributed by atoms with E-state index in [0.29, 0.717) is 13.3 Å². The van der Waals surface area contributed by atoms with Crippen molar-refractivity contribution in [2.24, 2.45) is 0 Å². The van der Waals surface area contributed by atoms with Crippen molar-refractivity contribution in [2.45, 2.75) is 27.7 Å². The average Bonchev–Trinajstić information content (AvgIpc) is 3.18. The smallest absolute Gasteiger partial charge is 0.870 e. The minimum Gasteiger partial charge on any atom is -0.870 e. The zero-order valence-corrected chi connectivity index (χ0v) is 44.3. The van der Waals surface area contributed by atoms with E-state index >= 15 is 0 Å². The molecule has 0 aromatic carbocycles. The Labute approximate surface area is 418 Å². The van der Waals surface area contributed by atoms with Crippen molar-refractivity contribution < 1.29 is 131 Å². The molecule has 0 amide bonds. The van der Waals surface area contributed by atoms with Crippen LogP contribution in [0.4, 0.5) is 23.3 Å². The number of rotatable bonds is 8. The van der Waals surface area contributed by atoms with E-state index in [1.165, 1.54) is 0 Å². The van der Waals surface area contributed by atoms with E-state index in [1.54, 1.807) is 0 Å². The predicted molar refractivity (Wildman–Crippen MR) is 203 cm³/mol. The molecule has 8 rings (SSSR count). The van der Waals surface area contributed by atoms with Gasteiger partial charge in [0.05, 0.1) is 13.3 Å². The Kier molecular flexibility index (Phi) is 25.0. The molecule has 0 radical (unpaired) electrons. The van der Waals surface area contributed by atoms with Crippen molar-refractivity contribution in [1.82, 2.24) is 39.9 Å². The number of nitrogens with zero attached hydrogens (tertiary/aromatic N) is 8. The first kappa shape index (κ1) is 61.1. The maximum atomic E-state index is 8.49. The van der Waals surface area contributed by atoms with Crippen LogP contribution in [0.15, 0.2) is 97.1 Å². The molecule has 30 heteroatoms. The molecule has 0 bridgehead atoms. The second-order valence-electron chi connectivity index (χ2n) is 13.0. The van der Waals surface area contributed by atoms with Gasteiger partial charge >= 0.3 is 39.0 Å². The zero-order valence-electron chi connectivity index (χ0n) is 36.1. The van der Waals surface area contributed by atoms with Gasteiger partial charge in [0.25, 0.3) is 0 Å². The Balaban J connectivity index is 0.000000508. The Hall–Kier alpha value is -4.96. The molecule has 8 aromatic heterocycles. The second kappa shape index (κ2) is 27.9. The molecule has 8 heterocycles. The van der Waals surface area contributed by atoms with E-state index in [9.17, 15) is 0 Å². The van der Waals surface area contributed by atoms with E-state index in [0.717, 1.165) is 90.2 Å². The van der Waals surface area contributed by atoms with Crippen molar-refractivity contribution in [2.75, 3.05) is 34.6 Å². The van der Waals surface area contributed by atoms with Crippen LogP contribution in [-0.4, -0.2) is 58.7 Å². The number of aryl methyl sites for hydroxylation is 4. The van der Waals surface area contributed by atoms with Gasteiger partial charge in [-0.2, -0.15) is 0 Å². The Bertz CT molecular complexity index is 2450. The van der Waals surface area contributed by atoms with Crippen molar-refractivity contribution in [1.29, 1.82) is 0 Å². The molecule has 0 atom stereocenters. The van der Waals surface area contributed by atoms with Crippen LogP contribution in [0.25, 0.3) is 44.1 Å². The number of nitrogens with one attached hydrogen (secondary N) is 4. The number of hydrogen-bond donors (Lipinski definition) is 4. The van der Waals surface area contributed by atoms with Crippen LogP contribution >= 0.6 is 0 Å². The van der Waals surface area contributed by atoms with Gasteiger partial charge in [-0.05, 0) is 125 Å². The number of hydrogen-bond acceptors (Lipinski definition) is 25. The monoisotopic (exact) mass is 1100 g/mol. The first-order chi connectivity index (χ1) is 30.3. The molecular formula is C38H37Cl3N12O13Zn2. The fourth-order valence-corrected chi connectivity index (χ4v) is 5.22. The number of aromatic nitrogens is 8. The van der Waals surface area contributed by atoms with E-state index in [2.05, 4.69) is 61.1 Å². The SMILES string of the molecule is Cc1ccc2ccc(NCNc3ccc4ccc(C)nc4n3)nc2n1.Cc1ccc2ccc(NCNc3ccc4ccc(C)nc4n3)nc2n1.[O-][Cl+3]([O-])([O-])[O-].[O-][Cl+3]([O-])([O-])[O-].[O-][Cl+3]([O-])([O-])[O-].[OH-].[Zn+2].[Zn+2]. The van der Waals surface area contributed by atoms with Gasteiger partial charge in [-0.25, -0.2) is 95.8 Å².